The Bertz CT molecular complexity index is 769. The molecule has 2 heterocycles. The summed E-state index contributed by atoms with van der Waals surface area (Å²) < 4.78 is 3.03. The molecule has 0 bridgehead atoms. The Labute approximate surface area is 134 Å². The van der Waals surface area contributed by atoms with Crippen LogP contribution < -0.4 is 5.73 Å². The molecule has 2 N–H and O–H groups in total. The molecule has 0 aliphatic rings. The molecule has 2 aromatic heterocycles. The smallest absolute Gasteiger partial charge is 0.123 e. The average molecular weight is 397 g/mol. The van der Waals surface area contributed by atoms with Gasteiger partial charge >= 0.3 is 0 Å². The summed E-state index contributed by atoms with van der Waals surface area (Å²) in [6, 6.07) is 9.60. The van der Waals surface area contributed by atoms with Crippen LogP contribution in [0.3, 0.4) is 0 Å². The van der Waals surface area contributed by atoms with Gasteiger partial charge in [-0.3, -0.25) is 4.57 Å². The van der Waals surface area contributed by atoms with Crippen molar-refractivity contribution < 1.29 is 0 Å². The van der Waals surface area contributed by atoms with Gasteiger partial charge in [-0.05, 0) is 52.9 Å². The fourth-order valence-corrected chi connectivity index (χ4v) is 2.93. The summed E-state index contributed by atoms with van der Waals surface area (Å²) in [5.74, 6) is 0.476. The fraction of sp³-hybridized carbons (Fsp3) is 0. The lowest BCUT2D eigenvalue weighted by molar-refractivity contribution is 1.06. The summed E-state index contributed by atoms with van der Waals surface area (Å²) in [5.41, 5.74) is 8.49. The van der Waals surface area contributed by atoms with Crippen LogP contribution in [-0.2, 0) is 0 Å². The Balaban J connectivity index is 2.15. The van der Waals surface area contributed by atoms with Crippen molar-refractivity contribution in [2.24, 2.45) is 0 Å². The minimum atomic E-state index is 0.476. The molecule has 20 heavy (non-hydrogen) atoms. The van der Waals surface area contributed by atoms with Crippen LogP contribution in [0.25, 0.3) is 16.9 Å². The fourth-order valence-electron chi connectivity index (χ4n) is 1.98. The highest BCUT2D eigenvalue weighted by Gasteiger charge is 2.10. The number of nitrogen functional groups attached to an aromatic ring is 1. The third-order valence-electron chi connectivity index (χ3n) is 2.88. The number of nitrogens with zero attached hydrogens (tertiary/aromatic N) is 3. The van der Waals surface area contributed by atoms with E-state index in [1.165, 1.54) is 0 Å². The second-order valence-electron chi connectivity index (χ2n) is 4.21. The van der Waals surface area contributed by atoms with Crippen LogP contribution in [0.1, 0.15) is 0 Å². The highest BCUT2D eigenvalue weighted by atomic mass is 127. The third kappa shape index (κ3) is 2.51. The van der Waals surface area contributed by atoms with Gasteiger partial charge in [-0.25, -0.2) is 9.97 Å². The molecule has 4 nitrogen and oxygen atoms in total. The number of halogens is 2. The zero-order valence-electron chi connectivity index (χ0n) is 10.3. The molecule has 0 aliphatic heterocycles. The van der Waals surface area contributed by atoms with Crippen LogP contribution in [0.5, 0.6) is 0 Å². The van der Waals surface area contributed by atoms with Gasteiger partial charge in [0, 0.05) is 15.3 Å². The molecule has 0 saturated heterocycles. The van der Waals surface area contributed by atoms with Crippen LogP contribution >= 0.6 is 34.2 Å². The quantitative estimate of drug-likeness (QED) is 0.671. The van der Waals surface area contributed by atoms with E-state index in [1.807, 2.05) is 34.9 Å². The van der Waals surface area contributed by atoms with Crippen LogP contribution in [0.15, 0.2) is 49.1 Å². The molecule has 0 aliphatic carbocycles. The molecular weight excluding hydrogens is 387 g/mol. The second-order valence-corrected chi connectivity index (χ2v) is 5.87. The molecule has 0 unspecified atom stereocenters. The van der Waals surface area contributed by atoms with E-state index in [1.54, 1.807) is 18.7 Å². The van der Waals surface area contributed by atoms with Crippen molar-refractivity contribution in [2.45, 2.75) is 0 Å². The number of hydrogen-bond donors (Lipinski definition) is 1. The van der Waals surface area contributed by atoms with E-state index < -0.39 is 0 Å². The topological polar surface area (TPSA) is 56.7 Å². The van der Waals surface area contributed by atoms with E-state index in [0.717, 1.165) is 20.5 Å². The van der Waals surface area contributed by atoms with Crippen molar-refractivity contribution in [2.75, 3.05) is 5.73 Å². The highest BCUT2D eigenvalue weighted by molar-refractivity contribution is 14.1. The van der Waals surface area contributed by atoms with Crippen LogP contribution in [0, 0.1) is 3.57 Å². The first-order valence-corrected chi connectivity index (χ1v) is 7.30. The van der Waals surface area contributed by atoms with Gasteiger partial charge in [0.15, 0.2) is 0 Å². The summed E-state index contributed by atoms with van der Waals surface area (Å²) in [6.07, 6.45) is 5.20. The van der Waals surface area contributed by atoms with Gasteiger partial charge in [-0.2, -0.15) is 0 Å². The van der Waals surface area contributed by atoms with E-state index in [9.17, 15) is 0 Å². The lowest BCUT2D eigenvalue weighted by Gasteiger charge is -2.10. The number of benzene rings is 1. The van der Waals surface area contributed by atoms with Crippen LogP contribution in [0.4, 0.5) is 5.82 Å². The van der Waals surface area contributed by atoms with Crippen molar-refractivity contribution in [1.82, 2.24) is 14.5 Å². The van der Waals surface area contributed by atoms with E-state index in [0.29, 0.717) is 10.8 Å². The van der Waals surface area contributed by atoms with E-state index in [2.05, 4.69) is 32.6 Å². The summed E-state index contributed by atoms with van der Waals surface area (Å²) in [5, 5.41) is 0.679. The summed E-state index contributed by atoms with van der Waals surface area (Å²) in [6.45, 7) is 0. The first-order valence-electron chi connectivity index (χ1n) is 5.85. The maximum Gasteiger partial charge on any atom is 0.123 e. The van der Waals surface area contributed by atoms with E-state index in [4.69, 9.17) is 17.3 Å². The average Bonchev–Trinajstić information content (AvgIpc) is 2.87. The normalized spacial score (nSPS) is 10.7. The van der Waals surface area contributed by atoms with E-state index in [-0.39, 0.29) is 0 Å². The molecule has 0 fully saturated rings. The van der Waals surface area contributed by atoms with Crippen molar-refractivity contribution in [1.29, 1.82) is 0 Å². The highest BCUT2D eigenvalue weighted by Crippen LogP contribution is 2.28. The number of anilines is 1. The van der Waals surface area contributed by atoms with Gasteiger partial charge in [0.05, 0.1) is 28.9 Å². The number of aromatic nitrogens is 3. The van der Waals surface area contributed by atoms with Crippen LogP contribution in [-0.4, -0.2) is 14.5 Å². The zero-order valence-corrected chi connectivity index (χ0v) is 13.2. The minimum Gasteiger partial charge on any atom is -0.384 e. The largest absolute Gasteiger partial charge is 0.384 e. The van der Waals surface area contributed by atoms with Crippen molar-refractivity contribution in [3.05, 3.63) is 57.6 Å². The van der Waals surface area contributed by atoms with Crippen LogP contribution in [0.2, 0.25) is 5.02 Å². The molecular formula is C14H10ClIN4. The molecule has 3 aromatic rings. The lowest BCUT2D eigenvalue weighted by Crippen LogP contribution is -1.97. The minimum absolute atomic E-state index is 0.476. The van der Waals surface area contributed by atoms with Gasteiger partial charge in [-0.15, -0.1) is 0 Å². The van der Waals surface area contributed by atoms with Gasteiger partial charge in [0.25, 0.3) is 0 Å². The maximum atomic E-state index is 6.32. The van der Waals surface area contributed by atoms with Gasteiger partial charge < -0.3 is 5.73 Å². The molecule has 0 spiro atoms. The predicted octanol–water partition coefficient (Wildman–Crippen LogP) is 3.77. The lowest BCUT2D eigenvalue weighted by atomic mass is 10.2. The number of hydrogen-bond acceptors (Lipinski definition) is 3. The summed E-state index contributed by atoms with van der Waals surface area (Å²) >= 11 is 8.55. The molecule has 6 heteroatoms. The Morgan fingerprint density at radius 3 is 2.80 bits per heavy atom. The van der Waals surface area contributed by atoms with Crippen molar-refractivity contribution in [3.63, 3.8) is 0 Å². The first kappa shape index (κ1) is 13.4. The number of nitrogens with two attached hydrogens (primary N) is 1. The Morgan fingerprint density at radius 2 is 2.05 bits per heavy atom. The molecule has 0 amide bonds. The Kier molecular flexibility index (Phi) is 3.62. The maximum absolute atomic E-state index is 6.32. The number of rotatable bonds is 2. The summed E-state index contributed by atoms with van der Waals surface area (Å²) in [7, 11) is 0. The van der Waals surface area contributed by atoms with Gasteiger partial charge in [0.2, 0.25) is 0 Å². The second kappa shape index (κ2) is 5.41. The monoisotopic (exact) mass is 396 g/mol. The van der Waals surface area contributed by atoms with E-state index >= 15 is 0 Å². The Morgan fingerprint density at radius 1 is 1.20 bits per heavy atom. The number of pyridine rings is 1. The molecule has 0 atom stereocenters. The standard InChI is InChI=1S/C14H10ClIN4/c15-11-6-10(16)1-2-12(11)20-8-18-7-13(20)9-3-4-19-14(17)5-9/h1-8H,(H2,17,19). The molecule has 0 saturated carbocycles. The Hall–Kier alpha value is -1.60. The zero-order chi connectivity index (χ0) is 14.1. The van der Waals surface area contributed by atoms with Crippen molar-refractivity contribution in [3.8, 4) is 16.9 Å². The third-order valence-corrected chi connectivity index (χ3v) is 3.86. The van der Waals surface area contributed by atoms with Gasteiger partial charge in [-0.1, -0.05) is 11.6 Å². The summed E-state index contributed by atoms with van der Waals surface area (Å²) in [4.78, 5) is 8.21. The molecule has 0 radical (unpaired) electrons. The number of imidazole rings is 1. The molecule has 100 valence electrons. The van der Waals surface area contributed by atoms with Crippen molar-refractivity contribution >= 4 is 40.0 Å². The van der Waals surface area contributed by atoms with Gasteiger partial charge in [0.1, 0.15) is 5.82 Å². The first-order chi connectivity index (χ1) is 9.65. The SMILES string of the molecule is Nc1cc(-c2cncn2-c2ccc(I)cc2Cl)ccn1. The molecule has 3 rings (SSSR count). The predicted molar refractivity (Wildman–Crippen MR) is 88.9 cm³/mol. The molecule has 1 aromatic carbocycles.